The van der Waals surface area contributed by atoms with Crippen LogP contribution in [0.15, 0.2) is 48.6 Å². The topological polar surface area (TPSA) is 0 Å². The molecule has 0 radical (unpaired) electrons. The van der Waals surface area contributed by atoms with Crippen LogP contribution >= 0.6 is 0 Å². The fraction of sp³-hybridized carbons (Fsp3) is 0.333. The van der Waals surface area contributed by atoms with Crippen LogP contribution in [0.25, 0.3) is 0 Å². The Hall–Kier alpha value is -1.48. The molecular weight excluding hydrogens is 180 g/mol. The van der Waals surface area contributed by atoms with E-state index in [0.29, 0.717) is 0 Å². The predicted molar refractivity (Wildman–Crippen MR) is 69.5 cm³/mol. The largest absolute Gasteiger partial charge is 0.115 e. The normalized spacial score (nSPS) is 12.3. The first kappa shape index (κ1) is 13.5. The van der Waals surface area contributed by atoms with Crippen LogP contribution in [-0.4, -0.2) is 0 Å². The second kappa shape index (κ2) is 12.5. The van der Waals surface area contributed by atoms with Gasteiger partial charge in [0.1, 0.15) is 0 Å². The van der Waals surface area contributed by atoms with Crippen LogP contribution in [0.5, 0.6) is 0 Å². The van der Waals surface area contributed by atoms with E-state index < -0.39 is 0 Å². The third-order valence-corrected chi connectivity index (χ3v) is 1.77. The lowest BCUT2D eigenvalue weighted by Gasteiger charge is -1.83. The van der Waals surface area contributed by atoms with E-state index in [2.05, 4.69) is 49.3 Å². The van der Waals surface area contributed by atoms with Gasteiger partial charge in [-0.05, 0) is 31.8 Å². The molecule has 0 aromatic rings. The van der Waals surface area contributed by atoms with Gasteiger partial charge in [0.15, 0.2) is 0 Å². The Balaban J connectivity index is 3.40. The smallest absolute Gasteiger partial charge is 0.0158 e. The van der Waals surface area contributed by atoms with Crippen molar-refractivity contribution in [3.63, 3.8) is 0 Å². The molecule has 0 saturated carbocycles. The summed E-state index contributed by atoms with van der Waals surface area (Å²) in [5, 5.41) is 0. The van der Waals surface area contributed by atoms with Gasteiger partial charge >= 0.3 is 0 Å². The van der Waals surface area contributed by atoms with Gasteiger partial charge in [-0.3, -0.25) is 0 Å². The molecule has 0 rings (SSSR count). The molecule has 0 amide bonds. The maximum Gasteiger partial charge on any atom is -0.0158 e. The monoisotopic (exact) mass is 200 g/mol. The summed E-state index contributed by atoms with van der Waals surface area (Å²) in [5.74, 6) is 2.46. The summed E-state index contributed by atoms with van der Waals surface area (Å²) >= 11 is 0. The van der Waals surface area contributed by atoms with Gasteiger partial charge in [-0.25, -0.2) is 0 Å². The zero-order valence-corrected chi connectivity index (χ0v) is 9.52. The molecule has 0 atom stereocenters. The number of terminal acetylenes is 1. The number of allylic oxidation sites excluding steroid dienone is 8. The second-order valence-electron chi connectivity index (χ2n) is 3.10. The van der Waals surface area contributed by atoms with Crippen LogP contribution < -0.4 is 0 Å². The molecule has 0 fully saturated rings. The highest BCUT2D eigenvalue weighted by Crippen LogP contribution is 1.93. The Morgan fingerprint density at radius 3 is 1.73 bits per heavy atom. The highest BCUT2D eigenvalue weighted by Gasteiger charge is 1.73. The maximum atomic E-state index is 5.07. The van der Waals surface area contributed by atoms with Crippen molar-refractivity contribution in [1.82, 2.24) is 0 Å². The van der Waals surface area contributed by atoms with Crippen molar-refractivity contribution in [3.05, 3.63) is 48.6 Å². The Bertz CT molecular complexity index is 269. The average Bonchev–Trinajstić information content (AvgIpc) is 2.26. The molecule has 0 aliphatic rings. The van der Waals surface area contributed by atoms with E-state index in [1.165, 1.54) is 0 Å². The van der Waals surface area contributed by atoms with Gasteiger partial charge in [-0.1, -0.05) is 55.4 Å². The van der Waals surface area contributed by atoms with E-state index >= 15 is 0 Å². The van der Waals surface area contributed by atoms with E-state index in [-0.39, 0.29) is 0 Å². The summed E-state index contributed by atoms with van der Waals surface area (Å²) in [6, 6.07) is 0. The Labute approximate surface area is 94.1 Å². The lowest BCUT2D eigenvalue weighted by atomic mass is 10.2. The van der Waals surface area contributed by atoms with E-state index in [0.717, 1.165) is 25.7 Å². The minimum atomic E-state index is 0.924. The van der Waals surface area contributed by atoms with Crippen molar-refractivity contribution in [1.29, 1.82) is 0 Å². The Morgan fingerprint density at radius 1 is 0.800 bits per heavy atom. The average molecular weight is 200 g/mol. The first-order valence-electron chi connectivity index (χ1n) is 5.48. The van der Waals surface area contributed by atoms with Crippen LogP contribution in [0.3, 0.4) is 0 Å². The molecule has 0 saturated heterocycles. The summed E-state index contributed by atoms with van der Waals surface area (Å²) in [7, 11) is 0. The lowest BCUT2D eigenvalue weighted by Crippen LogP contribution is -1.62. The van der Waals surface area contributed by atoms with Gasteiger partial charge in [0, 0.05) is 0 Å². The fourth-order valence-corrected chi connectivity index (χ4v) is 1.02. The van der Waals surface area contributed by atoms with Gasteiger partial charge in [-0.15, -0.1) is 6.42 Å². The van der Waals surface area contributed by atoms with Crippen LogP contribution in [-0.2, 0) is 0 Å². The molecule has 0 nitrogen and oxygen atoms in total. The summed E-state index contributed by atoms with van der Waals surface area (Å²) in [4.78, 5) is 0. The number of rotatable bonds is 7. The van der Waals surface area contributed by atoms with E-state index in [4.69, 9.17) is 6.42 Å². The fourth-order valence-electron chi connectivity index (χ4n) is 1.02. The molecule has 80 valence electrons. The molecule has 0 unspecified atom stereocenters. The van der Waals surface area contributed by atoms with Crippen molar-refractivity contribution >= 4 is 0 Å². The second-order valence-corrected chi connectivity index (χ2v) is 3.10. The van der Waals surface area contributed by atoms with Crippen molar-refractivity contribution < 1.29 is 0 Å². The molecule has 0 heterocycles. The summed E-state index contributed by atoms with van der Waals surface area (Å²) < 4.78 is 0. The van der Waals surface area contributed by atoms with Gasteiger partial charge in [-0.2, -0.15) is 0 Å². The van der Waals surface area contributed by atoms with Crippen molar-refractivity contribution in [2.24, 2.45) is 0 Å². The molecule has 0 N–H and O–H groups in total. The lowest BCUT2D eigenvalue weighted by molar-refractivity contribution is 1.19. The molecule has 0 aromatic heterocycles. The first-order valence-corrected chi connectivity index (χ1v) is 5.48. The first-order chi connectivity index (χ1) is 7.41. The van der Waals surface area contributed by atoms with E-state index in [1.807, 2.05) is 6.08 Å². The summed E-state index contributed by atoms with van der Waals surface area (Å²) in [6.07, 6.45) is 25.9. The van der Waals surface area contributed by atoms with Crippen molar-refractivity contribution in [2.75, 3.05) is 0 Å². The molecule has 0 aromatic carbocycles. The zero-order chi connectivity index (χ0) is 11.2. The molecule has 0 aliphatic heterocycles. The van der Waals surface area contributed by atoms with E-state index in [9.17, 15) is 0 Å². The molecule has 0 heteroatoms. The minimum absolute atomic E-state index is 0.924. The maximum absolute atomic E-state index is 5.07. The molecule has 15 heavy (non-hydrogen) atoms. The van der Waals surface area contributed by atoms with Gasteiger partial charge in [0.25, 0.3) is 0 Å². The number of hydrogen-bond acceptors (Lipinski definition) is 0. The third kappa shape index (κ3) is 12.5. The summed E-state index contributed by atoms with van der Waals surface area (Å²) in [6.45, 7) is 2.15. The SMILES string of the molecule is C#C/C=C/C/C=C\C/C=C\C/C=C/CC. The van der Waals surface area contributed by atoms with Crippen LogP contribution in [0.4, 0.5) is 0 Å². The molecule has 0 bridgehead atoms. The summed E-state index contributed by atoms with van der Waals surface area (Å²) in [5.41, 5.74) is 0. The van der Waals surface area contributed by atoms with Crippen LogP contribution in [0.2, 0.25) is 0 Å². The van der Waals surface area contributed by atoms with Gasteiger partial charge in [0.05, 0.1) is 0 Å². The highest BCUT2D eigenvalue weighted by atomic mass is 13.8. The van der Waals surface area contributed by atoms with Crippen LogP contribution in [0, 0.1) is 12.3 Å². The minimum Gasteiger partial charge on any atom is -0.115 e. The quantitative estimate of drug-likeness (QED) is 0.421. The third-order valence-electron chi connectivity index (χ3n) is 1.77. The van der Waals surface area contributed by atoms with Crippen LogP contribution in [0.1, 0.15) is 32.6 Å². The van der Waals surface area contributed by atoms with E-state index in [1.54, 1.807) is 6.08 Å². The zero-order valence-electron chi connectivity index (χ0n) is 9.52. The Kier molecular flexibility index (Phi) is 11.3. The van der Waals surface area contributed by atoms with Gasteiger partial charge in [0.2, 0.25) is 0 Å². The highest BCUT2D eigenvalue weighted by molar-refractivity contribution is 5.10. The Morgan fingerprint density at radius 2 is 1.27 bits per heavy atom. The molecule has 0 aliphatic carbocycles. The van der Waals surface area contributed by atoms with Crippen molar-refractivity contribution in [2.45, 2.75) is 32.6 Å². The standard InChI is InChI=1S/C15H20/c1-3-5-7-9-11-13-15-14-12-10-8-6-4-2/h1,5-8,11-14H,4,9-10,15H2,2H3/b7-5+,8-6+,13-11-,14-12-. The molecular formula is C15H20. The predicted octanol–water partition coefficient (Wildman–Crippen LogP) is 4.42. The van der Waals surface area contributed by atoms with Gasteiger partial charge < -0.3 is 0 Å². The number of hydrogen-bond donors (Lipinski definition) is 0. The molecule has 0 spiro atoms. The van der Waals surface area contributed by atoms with Crippen molar-refractivity contribution in [3.8, 4) is 12.3 Å².